The molecule has 0 aromatic heterocycles. The van der Waals surface area contributed by atoms with Crippen LogP contribution in [0.4, 0.5) is 0 Å². The van der Waals surface area contributed by atoms with Crippen molar-refractivity contribution in [3.63, 3.8) is 0 Å². The van der Waals surface area contributed by atoms with E-state index in [-0.39, 0.29) is 5.97 Å². The van der Waals surface area contributed by atoms with E-state index in [2.05, 4.69) is 13.8 Å². The van der Waals surface area contributed by atoms with Crippen LogP contribution in [-0.4, -0.2) is 12.6 Å². The third kappa shape index (κ3) is 27.5. The average molecular weight is 453 g/mol. The molecule has 0 aliphatic heterocycles. The SMILES string of the molecule is CCCCCCCCCCCCCCCCCOC(=O)CCCCCCCCCCCC. The van der Waals surface area contributed by atoms with Crippen molar-refractivity contribution in [3.8, 4) is 0 Å². The normalized spacial score (nSPS) is 11.2. The van der Waals surface area contributed by atoms with Crippen LogP contribution in [0.3, 0.4) is 0 Å². The van der Waals surface area contributed by atoms with Gasteiger partial charge in [-0.05, 0) is 12.8 Å². The molecule has 0 radical (unpaired) electrons. The molecule has 0 spiro atoms. The van der Waals surface area contributed by atoms with Gasteiger partial charge in [-0.1, -0.05) is 162 Å². The maximum atomic E-state index is 11.8. The molecule has 32 heavy (non-hydrogen) atoms. The van der Waals surface area contributed by atoms with Crippen LogP contribution in [0.5, 0.6) is 0 Å². The van der Waals surface area contributed by atoms with E-state index in [1.54, 1.807) is 0 Å². The molecule has 192 valence electrons. The van der Waals surface area contributed by atoms with Gasteiger partial charge in [-0.2, -0.15) is 0 Å². The monoisotopic (exact) mass is 452 g/mol. The summed E-state index contributed by atoms with van der Waals surface area (Å²) in [7, 11) is 0. The minimum absolute atomic E-state index is 0.0231. The number of ether oxygens (including phenoxy) is 1. The number of carbonyl (C=O) groups is 1. The molecule has 2 nitrogen and oxygen atoms in total. The Morgan fingerprint density at radius 1 is 0.406 bits per heavy atom. The second-order valence-corrected chi connectivity index (χ2v) is 10.1. The summed E-state index contributed by atoms with van der Waals surface area (Å²) in [5, 5.41) is 0. The molecule has 0 N–H and O–H groups in total. The van der Waals surface area contributed by atoms with Gasteiger partial charge in [0.25, 0.3) is 0 Å². The van der Waals surface area contributed by atoms with E-state index >= 15 is 0 Å². The van der Waals surface area contributed by atoms with Gasteiger partial charge in [0.05, 0.1) is 6.61 Å². The molecule has 0 saturated heterocycles. The molecular formula is C30H60O2. The minimum Gasteiger partial charge on any atom is -0.466 e. The topological polar surface area (TPSA) is 26.3 Å². The molecule has 0 aromatic carbocycles. The molecule has 0 aromatic rings. The Labute approximate surface area is 203 Å². The first-order valence-corrected chi connectivity index (χ1v) is 15.0. The van der Waals surface area contributed by atoms with E-state index in [0.717, 1.165) is 12.8 Å². The molecule has 0 saturated carbocycles. The number of hydrogen-bond acceptors (Lipinski definition) is 2. The van der Waals surface area contributed by atoms with Crippen molar-refractivity contribution in [2.24, 2.45) is 0 Å². The standard InChI is InChI=1S/C30H60O2/c1-3-5-7-9-11-13-15-16-17-18-19-21-23-25-27-29-32-30(31)28-26-24-22-20-14-12-10-8-6-4-2/h3-29H2,1-2H3. The summed E-state index contributed by atoms with van der Waals surface area (Å²) in [6.07, 6.45) is 34.3. The summed E-state index contributed by atoms with van der Waals surface area (Å²) in [5.41, 5.74) is 0. The lowest BCUT2D eigenvalue weighted by Crippen LogP contribution is -2.05. The van der Waals surface area contributed by atoms with Gasteiger partial charge < -0.3 is 4.74 Å². The third-order valence-electron chi connectivity index (χ3n) is 6.75. The summed E-state index contributed by atoms with van der Waals surface area (Å²) < 4.78 is 5.40. The van der Waals surface area contributed by atoms with Crippen molar-refractivity contribution in [1.29, 1.82) is 0 Å². The zero-order chi connectivity index (χ0) is 23.4. The zero-order valence-electron chi connectivity index (χ0n) is 22.4. The van der Waals surface area contributed by atoms with Crippen molar-refractivity contribution in [1.82, 2.24) is 0 Å². The largest absolute Gasteiger partial charge is 0.466 e. The van der Waals surface area contributed by atoms with E-state index in [1.165, 1.54) is 148 Å². The Morgan fingerprint density at radius 2 is 0.688 bits per heavy atom. The fourth-order valence-corrected chi connectivity index (χ4v) is 4.49. The molecule has 2 heteroatoms. The van der Waals surface area contributed by atoms with Gasteiger partial charge >= 0.3 is 5.97 Å². The number of hydrogen-bond donors (Lipinski definition) is 0. The van der Waals surface area contributed by atoms with E-state index in [4.69, 9.17) is 4.74 Å². The third-order valence-corrected chi connectivity index (χ3v) is 6.75. The zero-order valence-corrected chi connectivity index (χ0v) is 22.4. The lowest BCUT2D eigenvalue weighted by Gasteiger charge is -2.06. The lowest BCUT2D eigenvalue weighted by molar-refractivity contribution is -0.143. The first-order valence-electron chi connectivity index (χ1n) is 15.0. The highest BCUT2D eigenvalue weighted by molar-refractivity contribution is 5.69. The maximum Gasteiger partial charge on any atom is 0.305 e. The second kappa shape index (κ2) is 28.5. The fraction of sp³-hybridized carbons (Fsp3) is 0.967. The van der Waals surface area contributed by atoms with Crippen molar-refractivity contribution in [3.05, 3.63) is 0 Å². The molecule has 0 fully saturated rings. The summed E-state index contributed by atoms with van der Waals surface area (Å²) in [4.78, 5) is 11.8. The molecule has 0 bridgehead atoms. The summed E-state index contributed by atoms with van der Waals surface area (Å²) in [5.74, 6) is 0.0231. The highest BCUT2D eigenvalue weighted by Gasteiger charge is 2.02. The highest BCUT2D eigenvalue weighted by atomic mass is 16.5. The van der Waals surface area contributed by atoms with E-state index in [0.29, 0.717) is 13.0 Å². The predicted molar refractivity (Wildman–Crippen MR) is 142 cm³/mol. The van der Waals surface area contributed by atoms with Gasteiger partial charge in [0.2, 0.25) is 0 Å². The van der Waals surface area contributed by atoms with Gasteiger partial charge in [-0.15, -0.1) is 0 Å². The van der Waals surface area contributed by atoms with Crippen LogP contribution in [0, 0.1) is 0 Å². The number of carbonyl (C=O) groups excluding carboxylic acids is 1. The molecular weight excluding hydrogens is 392 g/mol. The fourth-order valence-electron chi connectivity index (χ4n) is 4.49. The summed E-state index contributed by atoms with van der Waals surface area (Å²) >= 11 is 0. The second-order valence-electron chi connectivity index (χ2n) is 10.1. The van der Waals surface area contributed by atoms with Crippen LogP contribution < -0.4 is 0 Å². The van der Waals surface area contributed by atoms with Crippen molar-refractivity contribution in [2.45, 2.75) is 181 Å². The van der Waals surface area contributed by atoms with Gasteiger partial charge in [-0.3, -0.25) is 4.79 Å². The van der Waals surface area contributed by atoms with Crippen molar-refractivity contribution in [2.75, 3.05) is 6.61 Å². The first-order chi connectivity index (χ1) is 15.8. The minimum atomic E-state index is 0.0231. The van der Waals surface area contributed by atoms with Gasteiger partial charge in [0.1, 0.15) is 0 Å². The molecule has 0 aliphatic carbocycles. The van der Waals surface area contributed by atoms with Gasteiger partial charge in [0, 0.05) is 6.42 Å². The summed E-state index contributed by atoms with van der Waals surface area (Å²) in [6, 6.07) is 0. The quantitative estimate of drug-likeness (QED) is 0.0914. The number of unbranched alkanes of at least 4 members (excludes halogenated alkanes) is 23. The Balaban J connectivity index is 3.13. The van der Waals surface area contributed by atoms with Crippen LogP contribution in [0.15, 0.2) is 0 Å². The summed E-state index contributed by atoms with van der Waals surface area (Å²) in [6.45, 7) is 5.19. The molecule has 0 amide bonds. The van der Waals surface area contributed by atoms with E-state index < -0.39 is 0 Å². The van der Waals surface area contributed by atoms with Crippen LogP contribution in [0.2, 0.25) is 0 Å². The lowest BCUT2D eigenvalue weighted by atomic mass is 10.0. The van der Waals surface area contributed by atoms with Crippen LogP contribution in [0.1, 0.15) is 181 Å². The van der Waals surface area contributed by atoms with E-state index in [1.807, 2.05) is 0 Å². The van der Waals surface area contributed by atoms with Crippen LogP contribution >= 0.6 is 0 Å². The number of esters is 1. The molecule has 0 atom stereocenters. The predicted octanol–water partition coefficient (Wildman–Crippen LogP) is 10.7. The van der Waals surface area contributed by atoms with Crippen LogP contribution in [0.25, 0.3) is 0 Å². The molecule has 0 aliphatic rings. The Bertz CT molecular complexity index is 353. The molecule has 0 heterocycles. The highest BCUT2D eigenvalue weighted by Crippen LogP contribution is 2.14. The van der Waals surface area contributed by atoms with Crippen LogP contribution in [-0.2, 0) is 9.53 Å². The molecule has 0 unspecified atom stereocenters. The van der Waals surface area contributed by atoms with Crippen molar-refractivity contribution < 1.29 is 9.53 Å². The number of rotatable bonds is 27. The van der Waals surface area contributed by atoms with Gasteiger partial charge in [0.15, 0.2) is 0 Å². The Kier molecular flexibility index (Phi) is 28.0. The van der Waals surface area contributed by atoms with Crippen molar-refractivity contribution >= 4 is 5.97 Å². The van der Waals surface area contributed by atoms with E-state index in [9.17, 15) is 4.79 Å². The Morgan fingerprint density at radius 3 is 1.03 bits per heavy atom. The first kappa shape index (κ1) is 31.5. The average Bonchev–Trinajstić information content (AvgIpc) is 2.80. The Hall–Kier alpha value is -0.530. The maximum absolute atomic E-state index is 11.8. The van der Waals surface area contributed by atoms with Gasteiger partial charge in [-0.25, -0.2) is 0 Å². The smallest absolute Gasteiger partial charge is 0.305 e. The molecule has 0 rings (SSSR count).